The van der Waals surface area contributed by atoms with Gasteiger partial charge in [-0.3, -0.25) is 4.79 Å². The third-order valence-corrected chi connectivity index (χ3v) is 2.93. The topological polar surface area (TPSA) is 80.9 Å². The number of carbonyl (C=O) groups is 1. The Morgan fingerprint density at radius 3 is 2.63 bits per heavy atom. The Balaban J connectivity index is 2.19. The molecular weight excluding hydrogens is 244 g/mol. The van der Waals surface area contributed by atoms with Crippen LogP contribution in [0.15, 0.2) is 23.0 Å². The van der Waals surface area contributed by atoms with Crippen LogP contribution in [0.3, 0.4) is 0 Å². The second kappa shape index (κ2) is 4.79. The second-order valence-corrected chi connectivity index (χ2v) is 4.93. The minimum atomic E-state index is -0.718. The molecule has 100 valence electrons. The van der Waals surface area contributed by atoms with Gasteiger partial charge in [0.25, 0.3) is 5.91 Å². The first kappa shape index (κ1) is 13.2. The van der Waals surface area contributed by atoms with Gasteiger partial charge in [0.15, 0.2) is 5.82 Å². The molecule has 0 aromatic carbocycles. The maximum absolute atomic E-state index is 12.2. The van der Waals surface area contributed by atoms with Crippen LogP contribution in [0.5, 0.6) is 0 Å². The van der Waals surface area contributed by atoms with Gasteiger partial charge in [-0.25, -0.2) is 4.98 Å². The summed E-state index contributed by atoms with van der Waals surface area (Å²) in [6.45, 7) is 7.43. The molecule has 0 aliphatic carbocycles. The molecule has 0 unspecified atom stereocenters. The van der Waals surface area contributed by atoms with Crippen LogP contribution in [0.2, 0.25) is 0 Å². The summed E-state index contributed by atoms with van der Waals surface area (Å²) in [7, 11) is 0. The summed E-state index contributed by atoms with van der Waals surface area (Å²) in [6.07, 6.45) is 1.23. The van der Waals surface area contributed by atoms with Crippen molar-refractivity contribution in [3.8, 4) is 0 Å². The van der Waals surface area contributed by atoms with Crippen LogP contribution in [-0.2, 0) is 5.54 Å². The summed E-state index contributed by atoms with van der Waals surface area (Å²) in [5.74, 6) is 0.155. The fourth-order valence-corrected chi connectivity index (χ4v) is 1.61. The lowest BCUT2D eigenvalue weighted by Crippen LogP contribution is -2.42. The van der Waals surface area contributed by atoms with E-state index in [0.717, 1.165) is 11.3 Å². The number of pyridine rings is 1. The Labute approximate surface area is 111 Å². The molecule has 0 aliphatic rings. The van der Waals surface area contributed by atoms with Gasteiger partial charge >= 0.3 is 0 Å². The molecule has 0 fully saturated rings. The summed E-state index contributed by atoms with van der Waals surface area (Å²) >= 11 is 0. The van der Waals surface area contributed by atoms with E-state index in [2.05, 4.69) is 20.4 Å². The van der Waals surface area contributed by atoms with E-state index in [1.54, 1.807) is 19.9 Å². The van der Waals surface area contributed by atoms with Crippen molar-refractivity contribution in [3.63, 3.8) is 0 Å². The molecule has 6 nitrogen and oxygen atoms in total. The zero-order valence-electron chi connectivity index (χ0n) is 11.4. The Bertz CT molecular complexity index is 591. The Morgan fingerprint density at radius 2 is 2.05 bits per heavy atom. The van der Waals surface area contributed by atoms with Crippen molar-refractivity contribution < 1.29 is 9.32 Å². The standard InChI is InChI=1S/C13H16N4O2/c1-8-5-6-10(15-9(8)2)11(18)16-13(3,4)12-14-7-19-17-12/h5-7H,1-4H3,(H,16,18). The number of carbonyl (C=O) groups excluding carboxylic acids is 1. The highest BCUT2D eigenvalue weighted by Gasteiger charge is 2.28. The molecular formula is C13H16N4O2. The van der Waals surface area contributed by atoms with E-state index in [-0.39, 0.29) is 5.91 Å². The number of amides is 1. The number of nitrogens with one attached hydrogen (secondary N) is 1. The molecule has 2 aromatic heterocycles. The molecule has 0 saturated carbocycles. The summed E-state index contributed by atoms with van der Waals surface area (Å²) in [5, 5.41) is 6.58. The molecule has 0 radical (unpaired) electrons. The maximum atomic E-state index is 12.2. The molecule has 19 heavy (non-hydrogen) atoms. The highest BCUT2D eigenvalue weighted by atomic mass is 16.5. The van der Waals surface area contributed by atoms with Crippen molar-refractivity contribution in [2.45, 2.75) is 33.2 Å². The molecule has 1 amide bonds. The molecule has 1 N–H and O–H groups in total. The Hall–Kier alpha value is -2.24. The summed E-state index contributed by atoms with van der Waals surface area (Å²) in [5.41, 5.74) is 1.54. The van der Waals surface area contributed by atoms with Gasteiger partial charge < -0.3 is 9.84 Å². The van der Waals surface area contributed by atoms with Crippen LogP contribution in [0.1, 0.15) is 41.4 Å². The van der Waals surface area contributed by atoms with Crippen LogP contribution in [0, 0.1) is 13.8 Å². The van der Waals surface area contributed by atoms with Gasteiger partial charge in [-0.2, -0.15) is 4.98 Å². The maximum Gasteiger partial charge on any atom is 0.270 e. The van der Waals surface area contributed by atoms with E-state index in [0.29, 0.717) is 11.5 Å². The van der Waals surface area contributed by atoms with E-state index in [4.69, 9.17) is 4.52 Å². The highest BCUT2D eigenvalue weighted by molar-refractivity contribution is 5.92. The zero-order valence-corrected chi connectivity index (χ0v) is 11.4. The number of aromatic nitrogens is 3. The fourth-order valence-electron chi connectivity index (χ4n) is 1.61. The lowest BCUT2D eigenvalue weighted by atomic mass is 10.0. The average Bonchev–Trinajstić information content (AvgIpc) is 2.86. The molecule has 2 rings (SSSR count). The molecule has 0 spiro atoms. The third kappa shape index (κ3) is 2.78. The van der Waals surface area contributed by atoms with Crippen LogP contribution >= 0.6 is 0 Å². The largest absolute Gasteiger partial charge is 0.343 e. The van der Waals surface area contributed by atoms with Crippen LogP contribution < -0.4 is 5.32 Å². The predicted octanol–water partition coefficient (Wildman–Crippen LogP) is 1.75. The highest BCUT2D eigenvalue weighted by Crippen LogP contribution is 2.16. The lowest BCUT2D eigenvalue weighted by molar-refractivity contribution is 0.0902. The normalized spacial score (nSPS) is 11.4. The first-order valence-electron chi connectivity index (χ1n) is 5.94. The molecule has 6 heteroatoms. The molecule has 2 aromatic rings. The van der Waals surface area contributed by atoms with E-state index in [1.807, 2.05) is 19.9 Å². The van der Waals surface area contributed by atoms with Crippen LogP contribution in [0.25, 0.3) is 0 Å². The minimum absolute atomic E-state index is 0.266. The number of aryl methyl sites for hydroxylation is 2. The van der Waals surface area contributed by atoms with Gasteiger partial charge in [0.1, 0.15) is 5.69 Å². The van der Waals surface area contributed by atoms with Gasteiger partial charge in [-0.05, 0) is 39.3 Å². The van der Waals surface area contributed by atoms with Gasteiger partial charge in [0.05, 0.1) is 5.54 Å². The van der Waals surface area contributed by atoms with Crippen molar-refractivity contribution in [2.24, 2.45) is 0 Å². The first-order valence-corrected chi connectivity index (χ1v) is 5.94. The quantitative estimate of drug-likeness (QED) is 0.909. The lowest BCUT2D eigenvalue weighted by Gasteiger charge is -2.22. The van der Waals surface area contributed by atoms with Gasteiger partial charge in [-0.15, -0.1) is 0 Å². The van der Waals surface area contributed by atoms with Gasteiger partial charge in [0.2, 0.25) is 6.39 Å². The molecule has 0 aliphatic heterocycles. The second-order valence-electron chi connectivity index (χ2n) is 4.93. The van der Waals surface area contributed by atoms with Gasteiger partial charge in [-0.1, -0.05) is 11.2 Å². The Kier molecular flexibility index (Phi) is 3.33. The average molecular weight is 260 g/mol. The summed E-state index contributed by atoms with van der Waals surface area (Å²) < 4.78 is 4.69. The molecule has 0 saturated heterocycles. The number of nitrogens with zero attached hydrogens (tertiary/aromatic N) is 3. The monoisotopic (exact) mass is 260 g/mol. The third-order valence-electron chi connectivity index (χ3n) is 2.93. The molecule has 0 atom stereocenters. The van der Waals surface area contributed by atoms with Crippen molar-refractivity contribution in [2.75, 3.05) is 0 Å². The van der Waals surface area contributed by atoms with Crippen molar-refractivity contribution >= 4 is 5.91 Å². The van der Waals surface area contributed by atoms with Crippen LogP contribution in [-0.4, -0.2) is 21.0 Å². The fraction of sp³-hybridized carbons (Fsp3) is 0.385. The molecule has 0 bridgehead atoms. The summed E-state index contributed by atoms with van der Waals surface area (Å²) in [4.78, 5) is 20.4. The predicted molar refractivity (Wildman–Crippen MR) is 68.5 cm³/mol. The zero-order chi connectivity index (χ0) is 14.0. The number of hydrogen-bond acceptors (Lipinski definition) is 5. The Morgan fingerprint density at radius 1 is 1.32 bits per heavy atom. The van der Waals surface area contributed by atoms with Gasteiger partial charge in [0, 0.05) is 5.69 Å². The van der Waals surface area contributed by atoms with E-state index >= 15 is 0 Å². The smallest absolute Gasteiger partial charge is 0.270 e. The first-order chi connectivity index (χ1) is 8.90. The number of hydrogen-bond donors (Lipinski definition) is 1. The van der Waals surface area contributed by atoms with Crippen molar-refractivity contribution in [3.05, 3.63) is 41.3 Å². The van der Waals surface area contributed by atoms with E-state index in [1.165, 1.54) is 6.39 Å². The number of rotatable bonds is 3. The van der Waals surface area contributed by atoms with E-state index in [9.17, 15) is 4.79 Å². The SMILES string of the molecule is Cc1ccc(C(=O)NC(C)(C)c2ncon2)nc1C. The molecule has 2 heterocycles. The van der Waals surface area contributed by atoms with Crippen LogP contribution in [0.4, 0.5) is 0 Å². The summed E-state index contributed by atoms with van der Waals surface area (Å²) in [6, 6.07) is 3.57. The van der Waals surface area contributed by atoms with Crippen molar-refractivity contribution in [1.29, 1.82) is 0 Å². The minimum Gasteiger partial charge on any atom is -0.343 e. The van der Waals surface area contributed by atoms with E-state index < -0.39 is 5.54 Å². The van der Waals surface area contributed by atoms with Crippen molar-refractivity contribution in [1.82, 2.24) is 20.4 Å².